The van der Waals surface area contributed by atoms with E-state index in [0.29, 0.717) is 13.0 Å². The van der Waals surface area contributed by atoms with Gasteiger partial charge in [-0.1, -0.05) is 6.92 Å². The molecule has 3 N–H and O–H groups in total. The maximum absolute atomic E-state index is 11.6. The number of hydrogen-bond donors (Lipinski definition) is 3. The predicted octanol–water partition coefficient (Wildman–Crippen LogP) is 0.699. The number of carbonyl (C=O) groups is 2. The second-order valence-corrected chi connectivity index (χ2v) is 4.40. The van der Waals surface area contributed by atoms with Gasteiger partial charge in [0.1, 0.15) is 6.04 Å². The molecule has 1 atom stereocenters. The van der Waals surface area contributed by atoms with Crippen LogP contribution < -0.4 is 10.6 Å². The number of nitrogens with zero attached hydrogens (tertiary/aromatic N) is 2. The lowest BCUT2D eigenvalue weighted by atomic mass is 10.2. The van der Waals surface area contributed by atoms with Crippen molar-refractivity contribution in [3.63, 3.8) is 0 Å². The summed E-state index contributed by atoms with van der Waals surface area (Å²) in [4.78, 5) is 22.4. The first-order valence-corrected chi connectivity index (χ1v) is 6.13. The molecule has 0 saturated carbocycles. The van der Waals surface area contributed by atoms with Crippen LogP contribution >= 0.6 is 0 Å². The monoisotopic (exact) mass is 268 g/mol. The highest BCUT2D eigenvalue weighted by atomic mass is 16.4. The quantitative estimate of drug-likeness (QED) is 0.732. The van der Waals surface area contributed by atoms with E-state index in [0.717, 1.165) is 17.0 Å². The van der Waals surface area contributed by atoms with Crippen LogP contribution in [0, 0.1) is 13.8 Å². The summed E-state index contributed by atoms with van der Waals surface area (Å²) in [6.45, 7) is 5.82. The highest BCUT2D eigenvalue weighted by Gasteiger charge is 2.17. The van der Waals surface area contributed by atoms with Crippen LogP contribution in [-0.4, -0.2) is 32.9 Å². The Morgan fingerprint density at radius 1 is 1.42 bits per heavy atom. The molecule has 0 fully saturated rings. The number of amides is 2. The van der Waals surface area contributed by atoms with Gasteiger partial charge < -0.3 is 15.7 Å². The van der Waals surface area contributed by atoms with Gasteiger partial charge in [0.2, 0.25) is 0 Å². The molecule has 1 rings (SSSR count). The fourth-order valence-corrected chi connectivity index (χ4v) is 1.79. The van der Waals surface area contributed by atoms with Crippen LogP contribution in [0.2, 0.25) is 0 Å². The van der Waals surface area contributed by atoms with E-state index in [9.17, 15) is 9.59 Å². The maximum atomic E-state index is 11.6. The molecular formula is C12H20N4O3. The van der Waals surface area contributed by atoms with Crippen molar-refractivity contribution in [2.45, 2.75) is 39.8 Å². The second-order valence-electron chi connectivity index (χ2n) is 4.40. The zero-order valence-corrected chi connectivity index (χ0v) is 11.6. The minimum absolute atomic E-state index is 0.327. The van der Waals surface area contributed by atoms with Crippen LogP contribution in [0.3, 0.4) is 0 Å². The molecule has 1 aromatic heterocycles. The van der Waals surface area contributed by atoms with Crippen molar-refractivity contribution < 1.29 is 14.7 Å². The molecule has 0 aliphatic heterocycles. The molecule has 19 heavy (non-hydrogen) atoms. The smallest absolute Gasteiger partial charge is 0.326 e. The van der Waals surface area contributed by atoms with Gasteiger partial charge in [-0.05, 0) is 20.3 Å². The molecule has 1 aromatic rings. The Labute approximate surface area is 112 Å². The van der Waals surface area contributed by atoms with Crippen LogP contribution in [0.25, 0.3) is 0 Å². The number of rotatable bonds is 5. The summed E-state index contributed by atoms with van der Waals surface area (Å²) in [5.74, 6) is -1.04. The van der Waals surface area contributed by atoms with Gasteiger partial charge in [-0.15, -0.1) is 0 Å². The van der Waals surface area contributed by atoms with Crippen LogP contribution in [-0.2, 0) is 18.4 Å². The zero-order valence-electron chi connectivity index (χ0n) is 11.6. The van der Waals surface area contributed by atoms with Crippen LogP contribution in [0.15, 0.2) is 0 Å². The number of aliphatic carboxylic acids is 1. The topological polar surface area (TPSA) is 96.3 Å². The first-order valence-electron chi connectivity index (χ1n) is 6.13. The molecule has 0 unspecified atom stereocenters. The molecule has 106 valence electrons. The Balaban J connectivity index is 2.57. The lowest BCUT2D eigenvalue weighted by molar-refractivity contribution is -0.139. The van der Waals surface area contributed by atoms with E-state index in [-0.39, 0.29) is 0 Å². The van der Waals surface area contributed by atoms with Gasteiger partial charge in [0.05, 0.1) is 5.69 Å². The van der Waals surface area contributed by atoms with Crippen molar-refractivity contribution in [3.8, 4) is 0 Å². The first-order chi connectivity index (χ1) is 8.86. The summed E-state index contributed by atoms with van der Waals surface area (Å²) < 4.78 is 1.75. The minimum Gasteiger partial charge on any atom is -0.480 e. The van der Waals surface area contributed by atoms with E-state index in [1.54, 1.807) is 11.6 Å². The Kier molecular flexibility index (Phi) is 4.91. The lowest BCUT2D eigenvalue weighted by Crippen LogP contribution is -2.45. The van der Waals surface area contributed by atoms with Gasteiger partial charge in [0.15, 0.2) is 0 Å². The van der Waals surface area contributed by atoms with Crippen LogP contribution in [0.4, 0.5) is 4.79 Å². The number of carboxylic acid groups (broad SMARTS) is 1. The van der Waals surface area contributed by atoms with Gasteiger partial charge in [-0.2, -0.15) is 5.10 Å². The van der Waals surface area contributed by atoms with Crippen molar-refractivity contribution in [1.82, 2.24) is 20.4 Å². The normalized spacial score (nSPS) is 12.0. The van der Waals surface area contributed by atoms with E-state index >= 15 is 0 Å². The Hall–Kier alpha value is -2.05. The zero-order chi connectivity index (χ0) is 14.6. The molecule has 7 nitrogen and oxygen atoms in total. The van der Waals surface area contributed by atoms with E-state index in [1.807, 2.05) is 20.9 Å². The van der Waals surface area contributed by atoms with E-state index in [2.05, 4.69) is 15.7 Å². The van der Waals surface area contributed by atoms with E-state index < -0.39 is 18.0 Å². The van der Waals surface area contributed by atoms with Gasteiger partial charge in [-0.25, -0.2) is 9.59 Å². The summed E-state index contributed by atoms with van der Waals surface area (Å²) >= 11 is 0. The highest BCUT2D eigenvalue weighted by molar-refractivity contribution is 5.82. The Bertz CT molecular complexity index is 482. The largest absolute Gasteiger partial charge is 0.480 e. The van der Waals surface area contributed by atoms with Gasteiger partial charge in [0, 0.05) is 24.8 Å². The van der Waals surface area contributed by atoms with E-state index in [1.165, 1.54) is 0 Å². The third-order valence-corrected chi connectivity index (χ3v) is 3.10. The number of carbonyl (C=O) groups excluding carboxylic acids is 1. The van der Waals surface area contributed by atoms with Gasteiger partial charge in [-0.3, -0.25) is 4.68 Å². The average Bonchev–Trinajstić information content (AvgIpc) is 2.58. The molecule has 7 heteroatoms. The van der Waals surface area contributed by atoms with Gasteiger partial charge >= 0.3 is 12.0 Å². The summed E-state index contributed by atoms with van der Waals surface area (Å²) in [6.07, 6.45) is 0.341. The Morgan fingerprint density at radius 2 is 2.05 bits per heavy atom. The number of hydrogen-bond acceptors (Lipinski definition) is 3. The van der Waals surface area contributed by atoms with Crippen molar-refractivity contribution in [2.75, 3.05) is 0 Å². The number of aromatic nitrogens is 2. The van der Waals surface area contributed by atoms with E-state index in [4.69, 9.17) is 5.11 Å². The SMILES string of the molecule is CC[C@H](NC(=O)NCc1c(C)nn(C)c1C)C(=O)O. The number of carboxylic acids is 1. The molecule has 2 amide bonds. The lowest BCUT2D eigenvalue weighted by Gasteiger charge is -2.13. The Morgan fingerprint density at radius 3 is 2.47 bits per heavy atom. The molecule has 0 aliphatic rings. The molecule has 0 aromatic carbocycles. The van der Waals surface area contributed by atoms with Crippen LogP contribution in [0.5, 0.6) is 0 Å². The molecule has 0 saturated heterocycles. The third kappa shape index (κ3) is 3.70. The van der Waals surface area contributed by atoms with Crippen molar-refractivity contribution >= 4 is 12.0 Å². The summed E-state index contributed by atoms with van der Waals surface area (Å²) in [6, 6.07) is -1.35. The van der Waals surface area contributed by atoms with Crippen molar-refractivity contribution in [2.24, 2.45) is 7.05 Å². The number of urea groups is 1. The standard InChI is InChI=1S/C12H20N4O3/c1-5-10(11(17)18)14-12(19)13-6-9-7(2)15-16(4)8(9)3/h10H,5-6H2,1-4H3,(H,17,18)(H2,13,14,19)/t10-/m0/s1. The van der Waals surface area contributed by atoms with Crippen molar-refractivity contribution in [1.29, 1.82) is 0 Å². The van der Waals surface area contributed by atoms with Gasteiger partial charge in [0.25, 0.3) is 0 Å². The summed E-state index contributed by atoms with van der Waals surface area (Å²) in [5, 5.41) is 18.1. The molecule has 0 bridgehead atoms. The fourth-order valence-electron chi connectivity index (χ4n) is 1.79. The molecule has 0 aliphatic carbocycles. The maximum Gasteiger partial charge on any atom is 0.326 e. The molecule has 1 heterocycles. The fraction of sp³-hybridized carbons (Fsp3) is 0.583. The van der Waals surface area contributed by atoms with Crippen LogP contribution in [0.1, 0.15) is 30.3 Å². The molecule has 0 radical (unpaired) electrons. The first kappa shape index (κ1) is 15.0. The number of nitrogens with one attached hydrogen (secondary N) is 2. The predicted molar refractivity (Wildman–Crippen MR) is 69.8 cm³/mol. The number of aryl methyl sites for hydroxylation is 2. The highest BCUT2D eigenvalue weighted by Crippen LogP contribution is 2.10. The molecule has 0 spiro atoms. The summed E-state index contributed by atoms with van der Waals surface area (Å²) in [7, 11) is 1.84. The van der Waals surface area contributed by atoms with Crippen molar-refractivity contribution in [3.05, 3.63) is 17.0 Å². The minimum atomic E-state index is -1.04. The average molecular weight is 268 g/mol. The third-order valence-electron chi connectivity index (χ3n) is 3.10. The summed E-state index contributed by atoms with van der Waals surface area (Å²) in [5.41, 5.74) is 2.77. The molecular weight excluding hydrogens is 248 g/mol. The second kappa shape index (κ2) is 6.21.